The number of rotatable bonds is 4. The molecule has 4 unspecified atom stereocenters. The zero-order valence-electron chi connectivity index (χ0n) is 15.9. The number of carbonyl (C=O) groups excluding carboxylic acids is 1. The molecule has 0 spiro atoms. The molecule has 1 aromatic carbocycles. The Hall–Kier alpha value is -1.93. The first kappa shape index (κ1) is 18.4. The van der Waals surface area contributed by atoms with E-state index >= 15 is 0 Å². The van der Waals surface area contributed by atoms with Crippen molar-refractivity contribution < 1.29 is 13.9 Å². The number of nitriles is 1. The number of piperidine rings is 1. The fourth-order valence-corrected chi connectivity index (χ4v) is 5.52. The summed E-state index contributed by atoms with van der Waals surface area (Å²) in [5.41, 5.74) is 0.773. The Kier molecular flexibility index (Phi) is 4.94. The number of halogens is 1. The molecular weight excluding hydrogens is 343 g/mol. The molecule has 4 rings (SSSR count). The third-order valence-electron chi connectivity index (χ3n) is 7.17. The molecule has 3 aliphatic rings. The monoisotopic (exact) mass is 370 g/mol. The first-order chi connectivity index (χ1) is 13.1. The summed E-state index contributed by atoms with van der Waals surface area (Å²) in [4.78, 5) is 15.1. The van der Waals surface area contributed by atoms with Crippen LogP contribution in [0.2, 0.25) is 0 Å². The van der Waals surface area contributed by atoms with Crippen molar-refractivity contribution in [1.29, 1.82) is 5.26 Å². The smallest absolute Gasteiger partial charge is 0.312 e. The summed E-state index contributed by atoms with van der Waals surface area (Å²) in [6.07, 6.45) is 5.64. The van der Waals surface area contributed by atoms with Crippen LogP contribution in [0.4, 0.5) is 4.39 Å². The topological polar surface area (TPSA) is 53.3 Å². The van der Waals surface area contributed by atoms with Gasteiger partial charge in [-0.3, -0.25) is 4.79 Å². The van der Waals surface area contributed by atoms with Gasteiger partial charge in [0.15, 0.2) is 0 Å². The largest absolute Gasteiger partial charge is 0.469 e. The lowest BCUT2D eigenvalue weighted by atomic mass is 9.79. The summed E-state index contributed by atoms with van der Waals surface area (Å²) in [6.45, 7) is 2.02. The predicted molar refractivity (Wildman–Crippen MR) is 99.2 cm³/mol. The molecule has 0 N–H and O–H groups in total. The highest BCUT2D eigenvalue weighted by Gasteiger charge is 2.61. The number of ether oxygens (including phenoxy) is 1. The van der Waals surface area contributed by atoms with Gasteiger partial charge in [-0.25, -0.2) is 4.39 Å². The van der Waals surface area contributed by atoms with Crippen LogP contribution in [-0.4, -0.2) is 37.1 Å². The Morgan fingerprint density at radius 1 is 1.26 bits per heavy atom. The maximum Gasteiger partial charge on any atom is 0.312 e. The summed E-state index contributed by atoms with van der Waals surface area (Å²) in [6, 6.07) is 9.65. The standard InChI is InChI=1S/C22H27FN2O2/c1-27-21(26)22(20-12-17(20)14-24)9-6-19(13-22)25-10-7-16(8-11-25)15-2-4-18(23)5-3-15/h2-5,16-17,19-20H,6-13H2,1H3. The summed E-state index contributed by atoms with van der Waals surface area (Å²) in [7, 11) is 1.47. The average Bonchev–Trinajstić information content (AvgIpc) is 3.38. The molecule has 2 saturated carbocycles. The average molecular weight is 370 g/mol. The van der Waals surface area contributed by atoms with E-state index in [-0.39, 0.29) is 23.6 Å². The Labute approximate surface area is 160 Å². The van der Waals surface area contributed by atoms with Crippen molar-refractivity contribution in [2.45, 2.75) is 50.5 Å². The molecule has 0 bridgehead atoms. The highest BCUT2D eigenvalue weighted by atomic mass is 19.1. The van der Waals surface area contributed by atoms with Crippen LogP contribution in [0.3, 0.4) is 0 Å². The second-order valence-corrected chi connectivity index (χ2v) is 8.48. The molecule has 3 fully saturated rings. The Bertz CT molecular complexity index is 736. The second kappa shape index (κ2) is 7.24. The van der Waals surface area contributed by atoms with Crippen molar-refractivity contribution in [3.8, 4) is 6.07 Å². The predicted octanol–water partition coefficient (Wildman–Crippen LogP) is 3.88. The van der Waals surface area contributed by atoms with Crippen LogP contribution in [0.1, 0.15) is 50.0 Å². The minimum atomic E-state index is -0.451. The number of benzene rings is 1. The number of esters is 1. The van der Waals surface area contributed by atoms with Crippen LogP contribution in [0.5, 0.6) is 0 Å². The van der Waals surface area contributed by atoms with Crippen LogP contribution < -0.4 is 0 Å². The minimum Gasteiger partial charge on any atom is -0.469 e. The number of carbonyl (C=O) groups is 1. The zero-order valence-corrected chi connectivity index (χ0v) is 15.9. The number of hydrogen-bond donors (Lipinski definition) is 0. The molecule has 1 saturated heterocycles. The molecule has 144 valence electrons. The summed E-state index contributed by atoms with van der Waals surface area (Å²) in [5.74, 6) is 0.384. The van der Waals surface area contributed by atoms with E-state index in [4.69, 9.17) is 4.74 Å². The third kappa shape index (κ3) is 3.36. The van der Waals surface area contributed by atoms with Crippen LogP contribution in [-0.2, 0) is 9.53 Å². The van der Waals surface area contributed by atoms with Crippen LogP contribution >= 0.6 is 0 Å². The molecular formula is C22H27FN2O2. The third-order valence-corrected chi connectivity index (χ3v) is 7.17. The van der Waals surface area contributed by atoms with E-state index in [1.165, 1.54) is 12.7 Å². The van der Waals surface area contributed by atoms with E-state index in [1.807, 2.05) is 12.1 Å². The van der Waals surface area contributed by atoms with Crippen molar-refractivity contribution in [2.24, 2.45) is 17.3 Å². The van der Waals surface area contributed by atoms with Crippen molar-refractivity contribution >= 4 is 5.97 Å². The number of likely N-dealkylation sites (tertiary alicyclic amines) is 1. The SMILES string of the molecule is COC(=O)C1(C2CC2C#N)CCC(N2CCC(c3ccc(F)cc3)CC2)C1. The zero-order chi connectivity index (χ0) is 19.0. The van der Waals surface area contributed by atoms with Crippen LogP contribution in [0.25, 0.3) is 0 Å². The van der Waals surface area contributed by atoms with Gasteiger partial charge in [-0.2, -0.15) is 5.26 Å². The fourth-order valence-electron chi connectivity index (χ4n) is 5.52. The molecule has 5 heteroatoms. The van der Waals surface area contributed by atoms with Gasteiger partial charge in [-0.1, -0.05) is 12.1 Å². The first-order valence-electron chi connectivity index (χ1n) is 10.0. The van der Waals surface area contributed by atoms with E-state index in [0.717, 1.165) is 51.6 Å². The highest BCUT2D eigenvalue weighted by Crippen LogP contribution is 2.59. The molecule has 2 aliphatic carbocycles. The molecule has 4 atom stereocenters. The molecule has 0 amide bonds. The van der Waals surface area contributed by atoms with E-state index in [1.54, 1.807) is 12.1 Å². The lowest BCUT2D eigenvalue weighted by Gasteiger charge is -2.37. The normalized spacial score (nSPS) is 34.2. The lowest BCUT2D eigenvalue weighted by Crippen LogP contribution is -2.42. The first-order valence-corrected chi connectivity index (χ1v) is 10.0. The Balaban J connectivity index is 1.39. The lowest BCUT2D eigenvalue weighted by molar-refractivity contribution is -0.154. The summed E-state index contributed by atoms with van der Waals surface area (Å²) in [5, 5.41) is 9.24. The van der Waals surface area contributed by atoms with E-state index in [0.29, 0.717) is 12.0 Å². The molecule has 0 aromatic heterocycles. The van der Waals surface area contributed by atoms with Gasteiger partial charge >= 0.3 is 5.97 Å². The van der Waals surface area contributed by atoms with E-state index < -0.39 is 5.41 Å². The van der Waals surface area contributed by atoms with Crippen LogP contribution in [0, 0.1) is 34.4 Å². The molecule has 4 nitrogen and oxygen atoms in total. The molecule has 27 heavy (non-hydrogen) atoms. The number of hydrogen-bond acceptors (Lipinski definition) is 4. The molecule has 1 aromatic rings. The summed E-state index contributed by atoms with van der Waals surface area (Å²) < 4.78 is 18.3. The van der Waals surface area contributed by atoms with Crippen molar-refractivity contribution in [2.75, 3.05) is 20.2 Å². The highest BCUT2D eigenvalue weighted by molar-refractivity contribution is 5.78. The Morgan fingerprint density at radius 2 is 1.96 bits per heavy atom. The van der Waals surface area contributed by atoms with Crippen molar-refractivity contribution in [3.63, 3.8) is 0 Å². The molecule has 1 heterocycles. The van der Waals surface area contributed by atoms with Crippen LogP contribution in [0.15, 0.2) is 24.3 Å². The second-order valence-electron chi connectivity index (χ2n) is 8.48. The fraction of sp³-hybridized carbons (Fsp3) is 0.636. The number of nitrogens with zero attached hydrogens (tertiary/aromatic N) is 2. The van der Waals surface area contributed by atoms with Gasteiger partial charge in [0, 0.05) is 6.04 Å². The van der Waals surface area contributed by atoms with Gasteiger partial charge < -0.3 is 9.64 Å². The van der Waals surface area contributed by atoms with E-state index in [9.17, 15) is 14.4 Å². The van der Waals surface area contributed by atoms with Gasteiger partial charge in [0.05, 0.1) is 24.5 Å². The Morgan fingerprint density at radius 3 is 2.56 bits per heavy atom. The summed E-state index contributed by atoms with van der Waals surface area (Å²) >= 11 is 0. The van der Waals surface area contributed by atoms with Gasteiger partial charge in [-0.15, -0.1) is 0 Å². The van der Waals surface area contributed by atoms with Gasteiger partial charge in [0.2, 0.25) is 0 Å². The molecule has 1 aliphatic heterocycles. The molecule has 0 radical (unpaired) electrons. The maximum atomic E-state index is 13.1. The minimum absolute atomic E-state index is 0.0204. The van der Waals surface area contributed by atoms with Gasteiger partial charge in [0.25, 0.3) is 0 Å². The van der Waals surface area contributed by atoms with Crippen molar-refractivity contribution in [1.82, 2.24) is 4.90 Å². The number of methoxy groups -OCH3 is 1. The van der Waals surface area contributed by atoms with Gasteiger partial charge in [-0.05, 0) is 81.1 Å². The van der Waals surface area contributed by atoms with E-state index in [2.05, 4.69) is 11.0 Å². The van der Waals surface area contributed by atoms with Gasteiger partial charge in [0.1, 0.15) is 5.82 Å². The van der Waals surface area contributed by atoms with Crippen molar-refractivity contribution in [3.05, 3.63) is 35.6 Å². The quantitative estimate of drug-likeness (QED) is 0.755. The maximum absolute atomic E-state index is 13.1.